The van der Waals surface area contributed by atoms with Crippen LogP contribution < -0.4 is 9.64 Å². The second-order valence-electron chi connectivity index (χ2n) is 9.46. The summed E-state index contributed by atoms with van der Waals surface area (Å²) in [5, 5.41) is 19.6. The average molecular weight is 518 g/mol. The molecule has 198 valence electrons. The number of unbranched alkanes of at least 4 members (excludes halogenated alkanes) is 1. The molecule has 1 aliphatic rings. The minimum atomic E-state index is -0.793. The van der Waals surface area contributed by atoms with Crippen molar-refractivity contribution in [1.29, 1.82) is 0 Å². The molecular formula is C31H32FNO5. The number of hydrogen-bond donors (Lipinski definition) is 2. The molecule has 0 spiro atoms. The first-order valence-electron chi connectivity index (χ1n) is 12.8. The molecule has 0 saturated carbocycles. The molecule has 1 aliphatic heterocycles. The highest BCUT2D eigenvalue weighted by molar-refractivity contribution is 6.03. The third-order valence-electron chi connectivity index (χ3n) is 6.92. The Bertz CT molecular complexity index is 1250. The van der Waals surface area contributed by atoms with E-state index in [1.54, 1.807) is 24.1 Å². The molecule has 3 aromatic rings. The Labute approximate surface area is 222 Å². The maximum atomic E-state index is 13.5. The molecular weight excluding hydrogens is 485 g/mol. The maximum absolute atomic E-state index is 13.5. The molecule has 2 N–H and O–H groups in total. The molecule has 1 fully saturated rings. The Kier molecular flexibility index (Phi) is 8.92. The number of nitrogens with zero attached hydrogens (tertiary/aromatic N) is 1. The molecule has 3 unspecified atom stereocenters. The molecule has 3 atom stereocenters. The standard InChI is InChI=1S/C31H32FNO5/c1-38-26-17-11-23(12-18-26)30-27(31(37)33(30)25-15-13-24(32)14-16-25)19-20-28(34)22-9-7-21(8-10-22)5-3-2-4-6-29(35)36/h3,5,7-18,27-28,30,34H,2,4,6,19-20H2,1H3,(H,35,36). The monoisotopic (exact) mass is 517 g/mol. The minimum absolute atomic E-state index is 0.0481. The molecule has 1 heterocycles. The summed E-state index contributed by atoms with van der Waals surface area (Å²) in [7, 11) is 1.60. The van der Waals surface area contributed by atoms with Gasteiger partial charge in [0, 0.05) is 12.1 Å². The minimum Gasteiger partial charge on any atom is -0.497 e. The summed E-state index contributed by atoms with van der Waals surface area (Å²) < 4.78 is 18.8. The van der Waals surface area contributed by atoms with E-state index in [2.05, 4.69) is 0 Å². The lowest BCUT2D eigenvalue weighted by Gasteiger charge is -2.48. The van der Waals surface area contributed by atoms with E-state index in [1.165, 1.54) is 12.1 Å². The van der Waals surface area contributed by atoms with Gasteiger partial charge in [-0.1, -0.05) is 48.6 Å². The Morgan fingerprint density at radius 3 is 2.37 bits per heavy atom. The summed E-state index contributed by atoms with van der Waals surface area (Å²) >= 11 is 0. The van der Waals surface area contributed by atoms with Gasteiger partial charge in [-0.3, -0.25) is 9.59 Å². The molecule has 0 aromatic heterocycles. The fraction of sp³-hybridized carbons (Fsp3) is 0.290. The number of anilines is 1. The summed E-state index contributed by atoms with van der Waals surface area (Å²) in [6, 6.07) is 20.8. The largest absolute Gasteiger partial charge is 0.497 e. The van der Waals surface area contributed by atoms with Crippen molar-refractivity contribution in [2.24, 2.45) is 5.92 Å². The number of halogens is 1. The van der Waals surface area contributed by atoms with Crippen molar-refractivity contribution in [3.05, 3.63) is 101 Å². The number of amides is 1. The van der Waals surface area contributed by atoms with Crippen molar-refractivity contribution in [2.75, 3.05) is 12.0 Å². The number of carbonyl (C=O) groups is 2. The molecule has 6 nitrogen and oxygen atoms in total. The van der Waals surface area contributed by atoms with Crippen LogP contribution in [0, 0.1) is 11.7 Å². The fourth-order valence-electron chi connectivity index (χ4n) is 4.83. The van der Waals surface area contributed by atoms with Crippen LogP contribution in [0.5, 0.6) is 5.75 Å². The van der Waals surface area contributed by atoms with Crippen molar-refractivity contribution < 1.29 is 28.9 Å². The fourth-order valence-corrected chi connectivity index (χ4v) is 4.83. The van der Waals surface area contributed by atoms with Crippen molar-refractivity contribution in [3.8, 4) is 5.75 Å². The van der Waals surface area contributed by atoms with E-state index in [1.807, 2.05) is 60.7 Å². The zero-order valence-electron chi connectivity index (χ0n) is 21.3. The number of methoxy groups -OCH3 is 1. The van der Waals surface area contributed by atoms with Crippen LogP contribution in [0.4, 0.5) is 10.1 Å². The van der Waals surface area contributed by atoms with Crippen LogP contribution in [0.1, 0.15) is 60.9 Å². The van der Waals surface area contributed by atoms with Gasteiger partial charge in [0.1, 0.15) is 11.6 Å². The van der Waals surface area contributed by atoms with Gasteiger partial charge in [0.05, 0.1) is 25.2 Å². The number of aliphatic carboxylic acids is 1. The predicted octanol–water partition coefficient (Wildman–Crippen LogP) is 6.32. The third-order valence-corrected chi connectivity index (χ3v) is 6.92. The van der Waals surface area contributed by atoms with E-state index in [0.717, 1.165) is 22.4 Å². The smallest absolute Gasteiger partial charge is 0.303 e. The second-order valence-corrected chi connectivity index (χ2v) is 9.46. The number of rotatable bonds is 12. The SMILES string of the molecule is COc1ccc(C2C(CCC(O)c3ccc(C=CCCCC(=O)O)cc3)C(=O)N2c2ccc(F)cc2)cc1. The van der Waals surface area contributed by atoms with E-state index < -0.39 is 12.1 Å². The third kappa shape index (κ3) is 6.47. The first kappa shape index (κ1) is 27.1. The molecule has 4 rings (SSSR count). The normalized spacial score (nSPS) is 17.9. The van der Waals surface area contributed by atoms with Gasteiger partial charge in [-0.25, -0.2) is 4.39 Å². The quantitative estimate of drug-likeness (QED) is 0.217. The number of carboxylic acids is 1. The van der Waals surface area contributed by atoms with Crippen LogP contribution in [-0.2, 0) is 9.59 Å². The summed E-state index contributed by atoms with van der Waals surface area (Å²) in [6.07, 6.45) is 5.53. The van der Waals surface area contributed by atoms with Crippen molar-refractivity contribution in [3.63, 3.8) is 0 Å². The van der Waals surface area contributed by atoms with Gasteiger partial charge in [0.25, 0.3) is 0 Å². The Morgan fingerprint density at radius 1 is 1.05 bits per heavy atom. The number of carbonyl (C=O) groups excluding carboxylic acids is 1. The lowest BCUT2D eigenvalue weighted by atomic mass is 9.78. The molecule has 1 saturated heterocycles. The number of aliphatic hydroxyl groups is 1. The summed E-state index contributed by atoms with van der Waals surface area (Å²) in [5.74, 6) is -0.789. The molecule has 1 amide bonds. The highest BCUT2D eigenvalue weighted by Crippen LogP contribution is 2.46. The van der Waals surface area contributed by atoms with Crippen LogP contribution >= 0.6 is 0 Å². The van der Waals surface area contributed by atoms with Crippen LogP contribution in [0.25, 0.3) is 6.08 Å². The highest BCUT2D eigenvalue weighted by atomic mass is 19.1. The predicted molar refractivity (Wildman–Crippen MR) is 144 cm³/mol. The van der Waals surface area contributed by atoms with Gasteiger partial charge in [0.15, 0.2) is 0 Å². The Hall–Kier alpha value is -3.97. The lowest BCUT2D eigenvalue weighted by molar-refractivity contribution is -0.137. The van der Waals surface area contributed by atoms with E-state index in [9.17, 15) is 19.1 Å². The van der Waals surface area contributed by atoms with Crippen molar-refractivity contribution >= 4 is 23.6 Å². The first-order valence-corrected chi connectivity index (χ1v) is 12.8. The van der Waals surface area contributed by atoms with Crippen LogP contribution in [0.2, 0.25) is 0 Å². The van der Waals surface area contributed by atoms with E-state index in [4.69, 9.17) is 9.84 Å². The topological polar surface area (TPSA) is 87.1 Å². The highest BCUT2D eigenvalue weighted by Gasteiger charge is 2.48. The number of allylic oxidation sites excluding steroid dienone is 1. The van der Waals surface area contributed by atoms with Gasteiger partial charge in [-0.15, -0.1) is 0 Å². The molecule has 7 heteroatoms. The van der Waals surface area contributed by atoms with Gasteiger partial charge in [-0.05, 0) is 78.8 Å². The zero-order chi connectivity index (χ0) is 27.1. The van der Waals surface area contributed by atoms with E-state index in [-0.39, 0.29) is 30.1 Å². The van der Waals surface area contributed by atoms with Gasteiger partial charge >= 0.3 is 5.97 Å². The van der Waals surface area contributed by atoms with E-state index in [0.29, 0.717) is 31.4 Å². The van der Waals surface area contributed by atoms with Crippen LogP contribution in [-0.4, -0.2) is 29.2 Å². The Morgan fingerprint density at radius 2 is 1.74 bits per heavy atom. The van der Waals surface area contributed by atoms with Gasteiger partial charge in [-0.2, -0.15) is 0 Å². The molecule has 0 bridgehead atoms. The number of benzene rings is 3. The van der Waals surface area contributed by atoms with Gasteiger partial charge in [0.2, 0.25) is 5.91 Å². The number of carboxylic acid groups (broad SMARTS) is 1. The number of β-lactam (4-membered cyclic amide) rings is 1. The second kappa shape index (κ2) is 12.5. The number of ether oxygens (including phenoxy) is 1. The lowest BCUT2D eigenvalue weighted by Crippen LogP contribution is -2.55. The van der Waals surface area contributed by atoms with Crippen LogP contribution in [0.15, 0.2) is 78.9 Å². The Balaban J connectivity index is 1.41. The first-order chi connectivity index (χ1) is 18.4. The molecule has 0 radical (unpaired) electrons. The maximum Gasteiger partial charge on any atom is 0.303 e. The molecule has 38 heavy (non-hydrogen) atoms. The van der Waals surface area contributed by atoms with E-state index >= 15 is 0 Å². The summed E-state index contributed by atoms with van der Waals surface area (Å²) in [6.45, 7) is 0. The molecule has 0 aliphatic carbocycles. The average Bonchev–Trinajstić information content (AvgIpc) is 2.92. The number of hydrogen-bond acceptors (Lipinski definition) is 4. The van der Waals surface area contributed by atoms with Crippen molar-refractivity contribution in [2.45, 2.75) is 44.2 Å². The molecule has 3 aromatic carbocycles. The van der Waals surface area contributed by atoms with Crippen molar-refractivity contribution in [1.82, 2.24) is 0 Å². The summed E-state index contributed by atoms with van der Waals surface area (Å²) in [4.78, 5) is 25.5. The number of aliphatic hydroxyl groups excluding tert-OH is 1. The zero-order valence-corrected chi connectivity index (χ0v) is 21.3. The van der Waals surface area contributed by atoms with Crippen LogP contribution in [0.3, 0.4) is 0 Å². The van der Waals surface area contributed by atoms with Gasteiger partial charge < -0.3 is 19.8 Å². The summed E-state index contributed by atoms with van der Waals surface area (Å²) in [5.41, 5.74) is 3.34.